The number of benzene rings is 1. The molecule has 0 amide bonds. The minimum atomic E-state index is -0.798. The van der Waals surface area contributed by atoms with Crippen molar-refractivity contribution < 1.29 is 13.9 Å². The molecule has 0 aliphatic rings. The molecule has 0 saturated carbocycles. The fourth-order valence-electron chi connectivity index (χ4n) is 1.56. The fraction of sp³-hybridized carbons (Fsp3) is 0.167. The lowest BCUT2D eigenvalue weighted by molar-refractivity contribution is 0.182. The zero-order valence-electron chi connectivity index (χ0n) is 8.66. The van der Waals surface area contributed by atoms with Crippen molar-refractivity contribution in [1.29, 1.82) is 0 Å². The van der Waals surface area contributed by atoms with Crippen molar-refractivity contribution in [2.24, 2.45) is 0 Å². The van der Waals surface area contributed by atoms with Gasteiger partial charge in [0, 0.05) is 17.4 Å². The van der Waals surface area contributed by atoms with E-state index >= 15 is 0 Å². The number of rotatable bonds is 3. The Morgan fingerprint density at radius 3 is 2.35 bits per heavy atom. The minimum Gasteiger partial charge on any atom is -0.387 e. The van der Waals surface area contributed by atoms with Gasteiger partial charge in [0.15, 0.2) is 0 Å². The number of aliphatic hydroxyl groups excluding tert-OH is 1. The summed E-state index contributed by atoms with van der Waals surface area (Å²) >= 11 is 7.00. The van der Waals surface area contributed by atoms with E-state index in [2.05, 4.69) is 0 Å². The Hall–Kier alpha value is -0.970. The van der Waals surface area contributed by atoms with Gasteiger partial charge in [-0.05, 0) is 29.8 Å². The molecule has 1 aromatic heterocycles. The lowest BCUT2D eigenvalue weighted by Gasteiger charge is -2.08. The molecule has 0 aliphatic heterocycles. The molecule has 17 heavy (non-hydrogen) atoms. The first-order chi connectivity index (χ1) is 8.04. The molecule has 1 atom stereocenters. The summed E-state index contributed by atoms with van der Waals surface area (Å²) < 4.78 is 26.5. The first-order valence-electron chi connectivity index (χ1n) is 4.93. The monoisotopic (exact) mass is 274 g/mol. The van der Waals surface area contributed by atoms with Crippen LogP contribution in [-0.4, -0.2) is 5.11 Å². The summed E-state index contributed by atoms with van der Waals surface area (Å²) in [6, 6.07) is 6.60. The molecule has 0 radical (unpaired) electrons. The van der Waals surface area contributed by atoms with Crippen molar-refractivity contribution in [2.75, 3.05) is 0 Å². The van der Waals surface area contributed by atoms with E-state index in [1.54, 1.807) is 12.1 Å². The molecular weight excluding hydrogens is 266 g/mol. The van der Waals surface area contributed by atoms with Gasteiger partial charge in [0.05, 0.1) is 10.4 Å². The second-order valence-corrected chi connectivity index (χ2v) is 5.39. The zero-order valence-corrected chi connectivity index (χ0v) is 10.2. The molecule has 90 valence electrons. The van der Waals surface area contributed by atoms with Crippen LogP contribution in [0.15, 0.2) is 30.3 Å². The van der Waals surface area contributed by atoms with Gasteiger partial charge < -0.3 is 5.11 Å². The van der Waals surface area contributed by atoms with Gasteiger partial charge in [0.2, 0.25) is 0 Å². The average Bonchev–Trinajstić information content (AvgIpc) is 2.63. The summed E-state index contributed by atoms with van der Waals surface area (Å²) in [6.07, 6.45) is -0.639. The SMILES string of the molecule is OC(Cc1cc(F)cc(F)c1)c1ccc(Cl)s1. The van der Waals surface area contributed by atoms with Gasteiger partial charge in [-0.15, -0.1) is 11.3 Å². The van der Waals surface area contributed by atoms with E-state index in [-0.39, 0.29) is 6.42 Å². The standard InChI is InChI=1S/C12H9ClF2OS/c13-12-2-1-11(17-12)10(16)5-7-3-8(14)6-9(15)4-7/h1-4,6,10,16H,5H2. The molecule has 2 rings (SSSR count). The second kappa shape index (κ2) is 5.12. The van der Waals surface area contributed by atoms with E-state index < -0.39 is 17.7 Å². The summed E-state index contributed by atoms with van der Waals surface area (Å²) in [5.74, 6) is -1.28. The Labute approximate surface area is 106 Å². The smallest absolute Gasteiger partial charge is 0.126 e. The van der Waals surface area contributed by atoms with Crippen LogP contribution < -0.4 is 0 Å². The Morgan fingerprint density at radius 1 is 1.18 bits per heavy atom. The molecule has 5 heteroatoms. The van der Waals surface area contributed by atoms with Gasteiger partial charge in [-0.3, -0.25) is 0 Å². The van der Waals surface area contributed by atoms with Crippen LogP contribution in [0.4, 0.5) is 8.78 Å². The highest BCUT2D eigenvalue weighted by Gasteiger charge is 2.12. The third-order valence-corrected chi connectivity index (χ3v) is 3.61. The first-order valence-corrected chi connectivity index (χ1v) is 6.12. The number of hydrogen-bond acceptors (Lipinski definition) is 2. The highest BCUT2D eigenvalue weighted by atomic mass is 35.5. The van der Waals surface area contributed by atoms with Gasteiger partial charge in [0.1, 0.15) is 11.6 Å². The molecule has 0 spiro atoms. The van der Waals surface area contributed by atoms with Gasteiger partial charge in [-0.2, -0.15) is 0 Å². The van der Waals surface area contributed by atoms with Crippen LogP contribution >= 0.6 is 22.9 Å². The molecule has 1 nitrogen and oxygen atoms in total. The van der Waals surface area contributed by atoms with Crippen molar-refractivity contribution in [3.8, 4) is 0 Å². The van der Waals surface area contributed by atoms with Gasteiger partial charge in [-0.1, -0.05) is 11.6 Å². The lowest BCUT2D eigenvalue weighted by atomic mass is 10.1. The van der Waals surface area contributed by atoms with E-state index in [0.717, 1.165) is 6.07 Å². The van der Waals surface area contributed by atoms with Gasteiger partial charge in [0.25, 0.3) is 0 Å². The number of halogens is 3. The maximum Gasteiger partial charge on any atom is 0.126 e. The van der Waals surface area contributed by atoms with E-state index in [1.165, 1.54) is 23.5 Å². The summed E-state index contributed by atoms with van der Waals surface area (Å²) in [6.45, 7) is 0. The maximum atomic E-state index is 12.9. The molecule has 1 N–H and O–H groups in total. The largest absolute Gasteiger partial charge is 0.387 e. The van der Waals surface area contributed by atoms with Crippen LogP contribution in [0.25, 0.3) is 0 Å². The quantitative estimate of drug-likeness (QED) is 0.898. The van der Waals surface area contributed by atoms with Gasteiger partial charge >= 0.3 is 0 Å². The van der Waals surface area contributed by atoms with E-state index in [0.29, 0.717) is 14.8 Å². The zero-order chi connectivity index (χ0) is 12.4. The molecule has 1 heterocycles. The molecule has 0 aliphatic carbocycles. The van der Waals surface area contributed by atoms with Crippen LogP contribution in [-0.2, 0) is 6.42 Å². The Morgan fingerprint density at radius 2 is 1.82 bits per heavy atom. The summed E-state index contributed by atoms with van der Waals surface area (Å²) in [5, 5.41) is 9.88. The summed E-state index contributed by atoms with van der Waals surface area (Å²) in [7, 11) is 0. The fourth-order valence-corrected chi connectivity index (χ4v) is 2.61. The topological polar surface area (TPSA) is 20.2 Å². The van der Waals surface area contributed by atoms with Crippen LogP contribution in [0.1, 0.15) is 16.5 Å². The molecule has 0 bridgehead atoms. The van der Waals surface area contributed by atoms with Crippen LogP contribution in [0.2, 0.25) is 4.34 Å². The predicted molar refractivity (Wildman–Crippen MR) is 64.4 cm³/mol. The summed E-state index contributed by atoms with van der Waals surface area (Å²) in [4.78, 5) is 0.680. The molecule has 1 unspecified atom stereocenters. The highest BCUT2D eigenvalue weighted by Crippen LogP contribution is 2.29. The Bertz CT molecular complexity index is 507. The second-order valence-electron chi connectivity index (χ2n) is 3.64. The Balaban J connectivity index is 2.15. The molecule has 0 saturated heterocycles. The number of aliphatic hydroxyl groups is 1. The predicted octanol–water partition coefficient (Wildman–Crippen LogP) is 3.96. The van der Waals surface area contributed by atoms with E-state index in [9.17, 15) is 13.9 Å². The summed E-state index contributed by atoms with van der Waals surface area (Å²) in [5.41, 5.74) is 0.416. The number of hydrogen-bond donors (Lipinski definition) is 1. The van der Waals surface area contributed by atoms with Gasteiger partial charge in [-0.25, -0.2) is 8.78 Å². The van der Waals surface area contributed by atoms with Crippen molar-refractivity contribution >= 4 is 22.9 Å². The number of thiophene rings is 1. The molecular formula is C12H9ClF2OS. The Kier molecular flexibility index (Phi) is 3.76. The van der Waals surface area contributed by atoms with Crippen molar-refractivity contribution in [1.82, 2.24) is 0 Å². The van der Waals surface area contributed by atoms with Crippen molar-refractivity contribution in [3.05, 3.63) is 56.7 Å². The van der Waals surface area contributed by atoms with Crippen LogP contribution in [0.5, 0.6) is 0 Å². The highest BCUT2D eigenvalue weighted by molar-refractivity contribution is 7.16. The third kappa shape index (κ3) is 3.25. The van der Waals surface area contributed by atoms with Crippen molar-refractivity contribution in [3.63, 3.8) is 0 Å². The average molecular weight is 275 g/mol. The van der Waals surface area contributed by atoms with Crippen LogP contribution in [0, 0.1) is 11.6 Å². The van der Waals surface area contributed by atoms with E-state index in [4.69, 9.17) is 11.6 Å². The van der Waals surface area contributed by atoms with Crippen molar-refractivity contribution in [2.45, 2.75) is 12.5 Å². The maximum absolute atomic E-state index is 12.9. The molecule has 1 aromatic carbocycles. The lowest BCUT2D eigenvalue weighted by Crippen LogP contribution is -2.00. The normalized spacial score (nSPS) is 12.7. The minimum absolute atomic E-state index is 0.158. The van der Waals surface area contributed by atoms with Crippen LogP contribution in [0.3, 0.4) is 0 Å². The first kappa shape index (κ1) is 12.5. The molecule has 2 aromatic rings. The van der Waals surface area contributed by atoms with E-state index in [1.807, 2.05) is 0 Å². The third-order valence-electron chi connectivity index (χ3n) is 2.27. The molecule has 0 fully saturated rings.